The SMILES string of the molecule is C=CC(=O)N1CCN(c2nc(=O)n(-c3ccccc3C(C)C)c3nc(-c4c(O)cccc4F)c(Cl)cc23)[C@@H](C)C1. The summed E-state index contributed by atoms with van der Waals surface area (Å²) in [6.07, 6.45) is 1.28. The molecule has 1 atom stereocenters. The minimum absolute atomic E-state index is 0.00606. The van der Waals surface area contributed by atoms with Crippen LogP contribution in [0.3, 0.4) is 0 Å². The monoisotopic (exact) mass is 561 g/mol. The number of carbonyl (C=O) groups is 1. The highest BCUT2D eigenvalue weighted by molar-refractivity contribution is 6.34. The molecule has 1 amide bonds. The number of carbonyl (C=O) groups excluding carboxylic acids is 1. The lowest BCUT2D eigenvalue weighted by molar-refractivity contribution is -0.126. The van der Waals surface area contributed by atoms with Crippen molar-refractivity contribution in [1.82, 2.24) is 19.4 Å². The van der Waals surface area contributed by atoms with Crippen LogP contribution in [0.25, 0.3) is 28.0 Å². The molecule has 1 fully saturated rings. The van der Waals surface area contributed by atoms with E-state index in [1.165, 1.54) is 28.8 Å². The van der Waals surface area contributed by atoms with E-state index in [9.17, 15) is 19.1 Å². The maximum atomic E-state index is 15.0. The minimum Gasteiger partial charge on any atom is -0.507 e. The van der Waals surface area contributed by atoms with Crippen LogP contribution in [0.15, 0.2) is 66.0 Å². The zero-order valence-corrected chi connectivity index (χ0v) is 23.2. The molecular weight excluding hydrogens is 533 g/mol. The molecule has 0 radical (unpaired) electrons. The molecule has 1 aliphatic rings. The van der Waals surface area contributed by atoms with Gasteiger partial charge in [-0.3, -0.25) is 4.79 Å². The van der Waals surface area contributed by atoms with Crippen LogP contribution in [0.4, 0.5) is 10.2 Å². The van der Waals surface area contributed by atoms with Gasteiger partial charge in [0.15, 0.2) is 5.65 Å². The van der Waals surface area contributed by atoms with Gasteiger partial charge in [-0.05, 0) is 48.7 Å². The Bertz CT molecular complexity index is 1680. The fraction of sp³-hybridized carbons (Fsp3) is 0.267. The predicted octanol–water partition coefficient (Wildman–Crippen LogP) is 5.29. The van der Waals surface area contributed by atoms with Crippen LogP contribution in [-0.4, -0.2) is 56.1 Å². The number of piperazine rings is 1. The number of fused-ring (bicyclic) bond motifs is 1. The lowest BCUT2D eigenvalue weighted by Crippen LogP contribution is -2.54. The average Bonchev–Trinajstić information content (AvgIpc) is 2.92. The molecule has 10 heteroatoms. The van der Waals surface area contributed by atoms with E-state index >= 15 is 0 Å². The van der Waals surface area contributed by atoms with E-state index in [0.717, 1.165) is 5.56 Å². The summed E-state index contributed by atoms with van der Waals surface area (Å²) >= 11 is 6.69. The normalized spacial score (nSPS) is 15.6. The van der Waals surface area contributed by atoms with Crippen molar-refractivity contribution in [3.8, 4) is 22.7 Å². The average molecular weight is 562 g/mol. The van der Waals surface area contributed by atoms with Crippen molar-refractivity contribution in [3.05, 3.63) is 88.1 Å². The molecule has 8 nitrogen and oxygen atoms in total. The van der Waals surface area contributed by atoms with Gasteiger partial charge in [0.25, 0.3) is 0 Å². The van der Waals surface area contributed by atoms with Gasteiger partial charge in [-0.1, -0.05) is 56.3 Å². The molecule has 0 spiro atoms. The quantitative estimate of drug-likeness (QED) is 0.333. The molecule has 0 saturated carbocycles. The van der Waals surface area contributed by atoms with Crippen molar-refractivity contribution in [1.29, 1.82) is 0 Å². The smallest absolute Gasteiger partial charge is 0.355 e. The van der Waals surface area contributed by atoms with E-state index in [1.54, 1.807) is 11.0 Å². The number of aromatic nitrogens is 3. The van der Waals surface area contributed by atoms with Crippen LogP contribution in [0.5, 0.6) is 5.75 Å². The van der Waals surface area contributed by atoms with Gasteiger partial charge in [0.1, 0.15) is 17.4 Å². The number of hydrogen-bond acceptors (Lipinski definition) is 6. The van der Waals surface area contributed by atoms with Crippen LogP contribution < -0.4 is 10.6 Å². The second kappa shape index (κ2) is 10.7. The Morgan fingerprint density at radius 2 is 1.93 bits per heavy atom. The van der Waals surface area contributed by atoms with Crippen molar-refractivity contribution in [2.45, 2.75) is 32.7 Å². The van der Waals surface area contributed by atoms with Crippen LogP contribution in [-0.2, 0) is 4.79 Å². The van der Waals surface area contributed by atoms with Gasteiger partial charge in [0, 0.05) is 25.7 Å². The Kier molecular flexibility index (Phi) is 7.33. The van der Waals surface area contributed by atoms with Crippen LogP contribution in [0.1, 0.15) is 32.3 Å². The third-order valence-corrected chi connectivity index (χ3v) is 7.50. The number of hydrogen-bond donors (Lipinski definition) is 1. The molecule has 206 valence electrons. The highest BCUT2D eigenvalue weighted by atomic mass is 35.5. The number of para-hydroxylation sites is 1. The van der Waals surface area contributed by atoms with E-state index in [-0.39, 0.29) is 45.5 Å². The number of nitrogens with zero attached hydrogens (tertiary/aromatic N) is 5. The van der Waals surface area contributed by atoms with Crippen LogP contribution in [0.2, 0.25) is 5.02 Å². The van der Waals surface area contributed by atoms with Gasteiger partial charge in [-0.2, -0.15) is 4.98 Å². The van der Waals surface area contributed by atoms with Crippen molar-refractivity contribution < 1.29 is 14.3 Å². The van der Waals surface area contributed by atoms with Crippen molar-refractivity contribution in [2.24, 2.45) is 0 Å². The van der Waals surface area contributed by atoms with Gasteiger partial charge in [0.05, 0.1) is 27.4 Å². The summed E-state index contributed by atoms with van der Waals surface area (Å²) in [7, 11) is 0. The number of benzene rings is 2. The number of anilines is 1. The molecule has 4 aromatic rings. The molecular formula is C30H29ClFN5O3. The molecule has 2 aromatic carbocycles. The largest absolute Gasteiger partial charge is 0.507 e. The first-order valence-electron chi connectivity index (χ1n) is 13.0. The molecule has 3 heterocycles. The van der Waals surface area contributed by atoms with E-state index in [2.05, 4.69) is 11.6 Å². The number of pyridine rings is 1. The van der Waals surface area contributed by atoms with E-state index in [1.807, 2.05) is 49.9 Å². The first kappa shape index (κ1) is 27.3. The van der Waals surface area contributed by atoms with Gasteiger partial charge in [0.2, 0.25) is 5.91 Å². The Morgan fingerprint density at radius 3 is 2.60 bits per heavy atom. The van der Waals surface area contributed by atoms with Crippen molar-refractivity contribution in [3.63, 3.8) is 0 Å². The molecule has 40 heavy (non-hydrogen) atoms. The Hall–Kier alpha value is -4.24. The van der Waals surface area contributed by atoms with E-state index in [4.69, 9.17) is 16.6 Å². The molecule has 0 unspecified atom stereocenters. The van der Waals surface area contributed by atoms with Crippen molar-refractivity contribution >= 4 is 34.4 Å². The molecule has 0 aliphatic carbocycles. The minimum atomic E-state index is -0.698. The zero-order valence-electron chi connectivity index (χ0n) is 22.4. The summed E-state index contributed by atoms with van der Waals surface area (Å²) in [6.45, 7) is 10.8. The number of phenols is 1. The number of amides is 1. The van der Waals surface area contributed by atoms with Gasteiger partial charge in [-0.25, -0.2) is 18.7 Å². The first-order valence-corrected chi connectivity index (χ1v) is 13.4. The summed E-state index contributed by atoms with van der Waals surface area (Å²) in [5.41, 5.74) is 1.00. The highest BCUT2D eigenvalue weighted by Gasteiger charge is 2.30. The van der Waals surface area contributed by atoms with Gasteiger partial charge < -0.3 is 14.9 Å². The maximum Gasteiger partial charge on any atom is 0.355 e. The topological polar surface area (TPSA) is 91.6 Å². The standard InChI is InChI=1S/C30H29ClFN5O3/c1-5-25(39)35-13-14-36(18(4)16-35)28-20-15-21(31)27(26-22(32)10-8-12-24(26)38)33-29(20)37(30(40)34-28)23-11-7-6-9-19(23)17(2)3/h5-12,15,17-18,38H,1,13-14,16H2,2-4H3/t18-/m0/s1. The molecule has 1 saturated heterocycles. The molecule has 1 N–H and O–H groups in total. The lowest BCUT2D eigenvalue weighted by atomic mass is 10.0. The number of rotatable bonds is 5. The first-order chi connectivity index (χ1) is 19.1. The summed E-state index contributed by atoms with van der Waals surface area (Å²) in [5.74, 6) is -0.734. The molecule has 0 bridgehead atoms. The third-order valence-electron chi connectivity index (χ3n) is 7.22. The predicted molar refractivity (Wildman–Crippen MR) is 155 cm³/mol. The summed E-state index contributed by atoms with van der Waals surface area (Å²) in [4.78, 5) is 38.9. The molecule has 2 aromatic heterocycles. The summed E-state index contributed by atoms with van der Waals surface area (Å²) in [6, 6.07) is 12.8. The van der Waals surface area contributed by atoms with E-state index in [0.29, 0.717) is 36.5 Å². The molecule has 1 aliphatic heterocycles. The number of phenolic OH excluding ortho intramolecular Hbond substituents is 1. The number of halogens is 2. The lowest BCUT2D eigenvalue weighted by Gasteiger charge is -2.40. The summed E-state index contributed by atoms with van der Waals surface area (Å²) in [5, 5.41) is 11.1. The second-order valence-corrected chi connectivity index (χ2v) is 10.5. The van der Waals surface area contributed by atoms with Gasteiger partial charge in [-0.15, -0.1) is 0 Å². The van der Waals surface area contributed by atoms with E-state index < -0.39 is 11.5 Å². The highest BCUT2D eigenvalue weighted by Crippen LogP contribution is 2.39. The zero-order chi connectivity index (χ0) is 28.7. The van der Waals surface area contributed by atoms with Crippen LogP contribution in [0, 0.1) is 5.82 Å². The fourth-order valence-electron chi connectivity index (χ4n) is 5.25. The number of aromatic hydroxyl groups is 1. The maximum absolute atomic E-state index is 15.0. The summed E-state index contributed by atoms with van der Waals surface area (Å²) < 4.78 is 16.4. The van der Waals surface area contributed by atoms with Crippen molar-refractivity contribution in [2.75, 3.05) is 24.5 Å². The second-order valence-electron chi connectivity index (χ2n) is 10.1. The molecule has 5 rings (SSSR count). The fourth-order valence-corrected chi connectivity index (χ4v) is 5.49. The Labute approximate surface area is 236 Å². The van der Waals surface area contributed by atoms with Crippen LogP contribution >= 0.6 is 11.6 Å². The van der Waals surface area contributed by atoms with Gasteiger partial charge >= 0.3 is 5.69 Å². The third kappa shape index (κ3) is 4.70. The Morgan fingerprint density at radius 1 is 1.18 bits per heavy atom. The Balaban J connectivity index is 1.80.